The summed E-state index contributed by atoms with van der Waals surface area (Å²) in [5.41, 5.74) is 2.16. The molecule has 0 aliphatic carbocycles. The second-order valence-corrected chi connectivity index (χ2v) is 7.67. The molecule has 9 heteroatoms. The minimum atomic E-state index is -3.83. The maximum Gasteiger partial charge on any atom is 0.243 e. The highest BCUT2D eigenvalue weighted by Crippen LogP contribution is 2.14. The Bertz CT molecular complexity index is 944. The van der Waals surface area contributed by atoms with Crippen LogP contribution in [0.2, 0.25) is 0 Å². The van der Waals surface area contributed by atoms with Gasteiger partial charge in [0.15, 0.2) is 0 Å². The fourth-order valence-corrected chi connectivity index (χ4v) is 3.17. The van der Waals surface area contributed by atoms with Crippen LogP contribution in [0.5, 0.6) is 0 Å². The topological polar surface area (TPSA) is 104 Å². The molecule has 2 aromatic carbocycles. The van der Waals surface area contributed by atoms with E-state index in [1.54, 1.807) is 13.0 Å². The normalized spacial score (nSPS) is 11.1. The number of aryl methyl sites for hydroxylation is 2. The van der Waals surface area contributed by atoms with Crippen LogP contribution in [-0.2, 0) is 19.6 Å². The summed E-state index contributed by atoms with van der Waals surface area (Å²) >= 11 is 0. The first-order valence-electron chi connectivity index (χ1n) is 8.06. The summed E-state index contributed by atoms with van der Waals surface area (Å²) in [6.45, 7) is 2.81. The lowest BCUT2D eigenvalue weighted by Gasteiger charge is -2.09. The molecule has 0 saturated heterocycles. The molecule has 144 valence electrons. The number of hydrogen-bond acceptors (Lipinski definition) is 4. The van der Waals surface area contributed by atoms with Crippen molar-refractivity contribution in [1.82, 2.24) is 10.0 Å². The zero-order valence-electron chi connectivity index (χ0n) is 14.9. The maximum atomic E-state index is 12.8. The minimum absolute atomic E-state index is 0.0625. The van der Waals surface area contributed by atoms with Crippen molar-refractivity contribution >= 4 is 27.5 Å². The predicted octanol–water partition coefficient (Wildman–Crippen LogP) is 1.48. The van der Waals surface area contributed by atoms with Crippen molar-refractivity contribution in [2.45, 2.75) is 18.7 Å². The van der Waals surface area contributed by atoms with Gasteiger partial charge in [-0.15, -0.1) is 0 Å². The SMILES string of the molecule is Cc1ccc(S(=O)(=O)NCC(=O)NCC(=O)Nc2ccc(F)cc2)cc1C. The Kier molecular flexibility index (Phi) is 6.65. The van der Waals surface area contributed by atoms with E-state index in [-0.39, 0.29) is 11.4 Å². The summed E-state index contributed by atoms with van der Waals surface area (Å²) in [7, 11) is -3.83. The molecule has 0 aromatic heterocycles. The molecule has 0 unspecified atom stereocenters. The number of rotatable bonds is 7. The van der Waals surface area contributed by atoms with Gasteiger partial charge in [0.05, 0.1) is 18.0 Å². The highest BCUT2D eigenvalue weighted by atomic mass is 32.2. The summed E-state index contributed by atoms with van der Waals surface area (Å²) in [6.07, 6.45) is 0. The van der Waals surface area contributed by atoms with Gasteiger partial charge in [0.25, 0.3) is 0 Å². The molecule has 3 N–H and O–H groups in total. The first-order valence-corrected chi connectivity index (χ1v) is 9.55. The number of carbonyl (C=O) groups excluding carboxylic acids is 2. The van der Waals surface area contributed by atoms with E-state index in [4.69, 9.17) is 0 Å². The van der Waals surface area contributed by atoms with Crippen molar-refractivity contribution in [1.29, 1.82) is 0 Å². The molecule has 2 amide bonds. The third kappa shape index (κ3) is 6.15. The third-order valence-electron chi connectivity index (χ3n) is 3.79. The van der Waals surface area contributed by atoms with Crippen LogP contribution in [-0.4, -0.2) is 33.3 Å². The molecule has 0 radical (unpaired) electrons. The Hall–Kier alpha value is -2.78. The summed E-state index contributed by atoms with van der Waals surface area (Å²) in [5, 5.41) is 4.78. The summed E-state index contributed by atoms with van der Waals surface area (Å²) in [6, 6.07) is 9.80. The van der Waals surface area contributed by atoms with Gasteiger partial charge in [0, 0.05) is 5.69 Å². The molecule has 0 aliphatic rings. The molecular formula is C18H20FN3O4S. The van der Waals surface area contributed by atoms with Crippen LogP contribution < -0.4 is 15.4 Å². The van der Waals surface area contributed by atoms with E-state index < -0.39 is 34.2 Å². The highest BCUT2D eigenvalue weighted by Gasteiger charge is 2.16. The van der Waals surface area contributed by atoms with Crippen LogP contribution in [0.25, 0.3) is 0 Å². The van der Waals surface area contributed by atoms with E-state index in [0.29, 0.717) is 5.69 Å². The summed E-state index contributed by atoms with van der Waals surface area (Å²) in [5.74, 6) is -1.61. The minimum Gasteiger partial charge on any atom is -0.346 e. The molecule has 27 heavy (non-hydrogen) atoms. The van der Waals surface area contributed by atoms with E-state index in [2.05, 4.69) is 15.4 Å². The zero-order valence-corrected chi connectivity index (χ0v) is 15.7. The van der Waals surface area contributed by atoms with Gasteiger partial charge in [0.2, 0.25) is 21.8 Å². The molecule has 0 spiro atoms. The van der Waals surface area contributed by atoms with Crippen molar-refractivity contribution in [3.63, 3.8) is 0 Å². The van der Waals surface area contributed by atoms with E-state index in [9.17, 15) is 22.4 Å². The zero-order chi connectivity index (χ0) is 20.0. The van der Waals surface area contributed by atoms with E-state index >= 15 is 0 Å². The van der Waals surface area contributed by atoms with Crippen molar-refractivity contribution in [3.8, 4) is 0 Å². The van der Waals surface area contributed by atoms with Crippen molar-refractivity contribution < 1.29 is 22.4 Å². The third-order valence-corrected chi connectivity index (χ3v) is 5.18. The van der Waals surface area contributed by atoms with Crippen molar-refractivity contribution in [2.75, 3.05) is 18.4 Å². The van der Waals surface area contributed by atoms with Gasteiger partial charge >= 0.3 is 0 Å². The average molecular weight is 393 g/mol. The van der Waals surface area contributed by atoms with Gasteiger partial charge in [-0.3, -0.25) is 9.59 Å². The molecular weight excluding hydrogens is 373 g/mol. The number of hydrogen-bond donors (Lipinski definition) is 3. The Labute approximate surface area is 157 Å². The average Bonchev–Trinajstić information content (AvgIpc) is 2.62. The molecule has 0 heterocycles. The lowest BCUT2D eigenvalue weighted by atomic mass is 10.1. The van der Waals surface area contributed by atoms with Gasteiger partial charge in [-0.2, -0.15) is 0 Å². The maximum absolute atomic E-state index is 12.8. The molecule has 2 aromatic rings. The van der Waals surface area contributed by atoms with E-state index in [1.165, 1.54) is 36.4 Å². The van der Waals surface area contributed by atoms with Gasteiger partial charge < -0.3 is 10.6 Å². The fraction of sp³-hybridized carbons (Fsp3) is 0.222. The largest absolute Gasteiger partial charge is 0.346 e. The van der Waals surface area contributed by atoms with Crippen LogP contribution in [0.15, 0.2) is 47.4 Å². The van der Waals surface area contributed by atoms with Gasteiger partial charge in [0.1, 0.15) is 5.82 Å². The predicted molar refractivity (Wildman–Crippen MR) is 99.1 cm³/mol. The molecule has 0 aliphatic heterocycles. The van der Waals surface area contributed by atoms with Gasteiger partial charge in [-0.1, -0.05) is 6.07 Å². The first kappa shape index (κ1) is 20.5. The Morgan fingerprint density at radius 3 is 2.22 bits per heavy atom. The Balaban J connectivity index is 1.82. The number of nitrogens with one attached hydrogen (secondary N) is 3. The van der Waals surface area contributed by atoms with Gasteiger partial charge in [-0.05, 0) is 61.4 Å². The number of sulfonamides is 1. The Morgan fingerprint density at radius 1 is 0.926 bits per heavy atom. The van der Waals surface area contributed by atoms with Gasteiger partial charge in [-0.25, -0.2) is 17.5 Å². The lowest BCUT2D eigenvalue weighted by Crippen LogP contribution is -2.40. The molecule has 2 rings (SSSR count). The standard InChI is InChI=1S/C18H20FN3O4S/c1-12-3-8-16(9-13(12)2)27(25,26)21-11-17(23)20-10-18(24)22-15-6-4-14(19)5-7-15/h3-9,21H,10-11H2,1-2H3,(H,20,23)(H,22,24). The smallest absolute Gasteiger partial charge is 0.243 e. The number of benzene rings is 2. The van der Waals surface area contributed by atoms with Crippen molar-refractivity contribution in [2.24, 2.45) is 0 Å². The second kappa shape index (κ2) is 8.74. The summed E-state index contributed by atoms with van der Waals surface area (Å²) < 4.78 is 39.4. The summed E-state index contributed by atoms with van der Waals surface area (Å²) in [4.78, 5) is 23.6. The highest BCUT2D eigenvalue weighted by molar-refractivity contribution is 7.89. The van der Waals surface area contributed by atoms with Crippen LogP contribution in [0, 0.1) is 19.7 Å². The van der Waals surface area contributed by atoms with Crippen LogP contribution in [0.3, 0.4) is 0 Å². The number of anilines is 1. The number of carbonyl (C=O) groups is 2. The number of amides is 2. The van der Waals surface area contributed by atoms with E-state index in [0.717, 1.165) is 11.1 Å². The second-order valence-electron chi connectivity index (χ2n) is 5.90. The first-order chi connectivity index (χ1) is 12.7. The Morgan fingerprint density at radius 2 is 1.59 bits per heavy atom. The fourth-order valence-electron chi connectivity index (χ4n) is 2.10. The van der Waals surface area contributed by atoms with Crippen LogP contribution in [0.4, 0.5) is 10.1 Å². The van der Waals surface area contributed by atoms with Crippen LogP contribution >= 0.6 is 0 Å². The van der Waals surface area contributed by atoms with E-state index in [1.807, 2.05) is 6.92 Å². The van der Waals surface area contributed by atoms with Crippen molar-refractivity contribution in [3.05, 3.63) is 59.4 Å². The molecule has 0 saturated carbocycles. The molecule has 7 nitrogen and oxygen atoms in total. The lowest BCUT2D eigenvalue weighted by molar-refractivity contribution is -0.123. The molecule has 0 atom stereocenters. The molecule has 0 fully saturated rings. The number of halogens is 1. The quantitative estimate of drug-likeness (QED) is 0.663. The molecule has 0 bridgehead atoms. The monoisotopic (exact) mass is 393 g/mol. The van der Waals surface area contributed by atoms with Crippen LogP contribution in [0.1, 0.15) is 11.1 Å².